The second-order valence-electron chi connectivity index (χ2n) is 8.62. The number of carbonyl (C=O) groups excluding carboxylic acids is 1. The van der Waals surface area contributed by atoms with Gasteiger partial charge in [0, 0.05) is 19.6 Å². The van der Waals surface area contributed by atoms with Gasteiger partial charge in [0.05, 0.1) is 13.7 Å². The minimum Gasteiger partial charge on any atom is -0.497 e. The first-order valence-corrected chi connectivity index (χ1v) is 11.8. The fraction of sp³-hybridized carbons (Fsp3) is 0.207. The van der Waals surface area contributed by atoms with E-state index < -0.39 is 0 Å². The van der Waals surface area contributed by atoms with Crippen molar-refractivity contribution in [3.8, 4) is 17.2 Å². The minimum absolute atomic E-state index is 0.222. The highest BCUT2D eigenvalue weighted by Gasteiger charge is 2.16. The van der Waals surface area contributed by atoms with E-state index in [1.54, 1.807) is 13.2 Å². The van der Waals surface area contributed by atoms with E-state index >= 15 is 0 Å². The number of hydrogen-bond donors (Lipinski definition) is 1. The van der Waals surface area contributed by atoms with Crippen LogP contribution >= 0.6 is 0 Å². The molecule has 7 nitrogen and oxygen atoms in total. The van der Waals surface area contributed by atoms with Gasteiger partial charge >= 0.3 is 0 Å². The van der Waals surface area contributed by atoms with Gasteiger partial charge in [0.2, 0.25) is 6.79 Å². The van der Waals surface area contributed by atoms with Crippen molar-refractivity contribution >= 4 is 5.91 Å². The Morgan fingerprint density at radius 3 is 2.33 bits per heavy atom. The van der Waals surface area contributed by atoms with Crippen LogP contribution in [0.15, 0.2) is 89.3 Å². The lowest BCUT2D eigenvalue weighted by Gasteiger charge is -2.21. The van der Waals surface area contributed by atoms with Crippen molar-refractivity contribution < 1.29 is 23.4 Å². The average Bonchev–Trinajstić information content (AvgIpc) is 3.58. The van der Waals surface area contributed by atoms with Gasteiger partial charge in [-0.05, 0) is 53.1 Å². The molecular formula is C29H28N2O5. The van der Waals surface area contributed by atoms with Crippen LogP contribution in [0.2, 0.25) is 0 Å². The number of nitrogens with zero attached hydrogens (tertiary/aromatic N) is 1. The van der Waals surface area contributed by atoms with Crippen LogP contribution in [0.5, 0.6) is 17.2 Å². The largest absolute Gasteiger partial charge is 0.497 e. The predicted molar refractivity (Wildman–Crippen MR) is 135 cm³/mol. The van der Waals surface area contributed by atoms with Gasteiger partial charge in [-0.2, -0.15) is 0 Å². The number of benzene rings is 3. The van der Waals surface area contributed by atoms with Crippen molar-refractivity contribution in [1.29, 1.82) is 0 Å². The quantitative estimate of drug-likeness (QED) is 0.336. The highest BCUT2D eigenvalue weighted by atomic mass is 16.7. The van der Waals surface area contributed by atoms with Crippen molar-refractivity contribution in [2.45, 2.75) is 26.2 Å². The Labute approximate surface area is 210 Å². The lowest BCUT2D eigenvalue weighted by Crippen LogP contribution is -2.23. The van der Waals surface area contributed by atoms with Gasteiger partial charge < -0.3 is 23.9 Å². The van der Waals surface area contributed by atoms with E-state index in [9.17, 15) is 4.79 Å². The van der Waals surface area contributed by atoms with Crippen LogP contribution < -0.4 is 19.5 Å². The van der Waals surface area contributed by atoms with Crippen LogP contribution in [0.25, 0.3) is 0 Å². The van der Waals surface area contributed by atoms with Crippen molar-refractivity contribution in [2.75, 3.05) is 13.9 Å². The summed E-state index contributed by atoms with van der Waals surface area (Å²) in [4.78, 5) is 15.0. The molecule has 0 saturated carbocycles. The van der Waals surface area contributed by atoms with E-state index in [1.165, 1.54) is 11.1 Å². The van der Waals surface area contributed by atoms with E-state index in [-0.39, 0.29) is 18.5 Å². The summed E-state index contributed by atoms with van der Waals surface area (Å²) in [5, 5.41) is 2.91. The molecule has 1 aromatic heterocycles. The van der Waals surface area contributed by atoms with Crippen LogP contribution in [0.4, 0.5) is 0 Å². The van der Waals surface area contributed by atoms with Crippen LogP contribution in [0.1, 0.15) is 33.0 Å². The number of rotatable bonds is 10. The van der Waals surface area contributed by atoms with Crippen molar-refractivity contribution in [3.05, 3.63) is 113 Å². The Hall–Kier alpha value is -4.23. The Morgan fingerprint density at radius 1 is 0.833 bits per heavy atom. The summed E-state index contributed by atoms with van der Waals surface area (Å²) in [5.41, 5.74) is 3.30. The molecule has 1 aliphatic rings. The Balaban J connectivity index is 1.23. The highest BCUT2D eigenvalue weighted by Crippen LogP contribution is 2.32. The van der Waals surface area contributed by atoms with Crippen LogP contribution in [-0.4, -0.2) is 24.7 Å². The zero-order valence-corrected chi connectivity index (χ0v) is 20.1. The Bertz CT molecular complexity index is 1300. The molecule has 4 aromatic rings. The van der Waals surface area contributed by atoms with E-state index in [2.05, 4.69) is 34.5 Å². The monoisotopic (exact) mass is 484 g/mol. The normalized spacial score (nSPS) is 12.1. The SMILES string of the molecule is COc1ccc(CN(Cc2ccccc2)Cc2ccc(C(=O)NCc3ccc4c(c3)OCO4)o2)cc1. The molecule has 5 rings (SSSR count). The lowest BCUT2D eigenvalue weighted by atomic mass is 10.1. The smallest absolute Gasteiger partial charge is 0.287 e. The molecule has 1 N–H and O–H groups in total. The third-order valence-corrected chi connectivity index (χ3v) is 5.97. The van der Waals surface area contributed by atoms with Gasteiger partial charge in [0.15, 0.2) is 17.3 Å². The first kappa shape index (κ1) is 23.5. The summed E-state index contributed by atoms with van der Waals surface area (Å²) in [6, 6.07) is 27.6. The fourth-order valence-electron chi connectivity index (χ4n) is 4.12. The van der Waals surface area contributed by atoms with Gasteiger partial charge in [-0.25, -0.2) is 0 Å². The summed E-state index contributed by atoms with van der Waals surface area (Å²) >= 11 is 0. The number of fused-ring (bicyclic) bond motifs is 1. The number of methoxy groups -OCH3 is 1. The van der Waals surface area contributed by atoms with Gasteiger partial charge in [-0.1, -0.05) is 48.5 Å². The number of ether oxygens (including phenoxy) is 3. The minimum atomic E-state index is -0.260. The van der Waals surface area contributed by atoms with E-state index in [0.717, 1.165) is 35.9 Å². The maximum Gasteiger partial charge on any atom is 0.287 e. The Kier molecular flexibility index (Phi) is 7.19. The first-order valence-electron chi connectivity index (χ1n) is 11.8. The fourth-order valence-corrected chi connectivity index (χ4v) is 4.12. The molecule has 0 radical (unpaired) electrons. The molecular weight excluding hydrogens is 456 g/mol. The predicted octanol–water partition coefficient (Wildman–Crippen LogP) is 5.15. The number of hydrogen-bond acceptors (Lipinski definition) is 6. The molecule has 1 amide bonds. The van der Waals surface area contributed by atoms with E-state index in [0.29, 0.717) is 18.8 Å². The second kappa shape index (κ2) is 11.0. The second-order valence-corrected chi connectivity index (χ2v) is 8.62. The van der Waals surface area contributed by atoms with Crippen LogP contribution in [0.3, 0.4) is 0 Å². The van der Waals surface area contributed by atoms with Gasteiger partial charge in [-0.15, -0.1) is 0 Å². The highest BCUT2D eigenvalue weighted by molar-refractivity contribution is 5.91. The summed E-state index contributed by atoms with van der Waals surface area (Å²) in [6.45, 7) is 2.63. The van der Waals surface area contributed by atoms with Gasteiger partial charge in [-0.3, -0.25) is 9.69 Å². The third kappa shape index (κ3) is 5.87. The molecule has 0 spiro atoms. The summed E-state index contributed by atoms with van der Waals surface area (Å²) in [5.74, 6) is 3.00. The topological polar surface area (TPSA) is 73.2 Å². The average molecular weight is 485 g/mol. The Morgan fingerprint density at radius 2 is 1.56 bits per heavy atom. The maximum absolute atomic E-state index is 12.7. The zero-order valence-electron chi connectivity index (χ0n) is 20.1. The molecule has 0 saturated heterocycles. The maximum atomic E-state index is 12.7. The van der Waals surface area contributed by atoms with Gasteiger partial charge in [0.1, 0.15) is 11.5 Å². The molecule has 0 atom stereocenters. The molecule has 184 valence electrons. The molecule has 0 bridgehead atoms. The van der Waals surface area contributed by atoms with Crippen LogP contribution in [-0.2, 0) is 26.2 Å². The molecule has 2 heterocycles. The van der Waals surface area contributed by atoms with Crippen molar-refractivity contribution in [1.82, 2.24) is 10.2 Å². The third-order valence-electron chi connectivity index (χ3n) is 5.97. The first-order chi connectivity index (χ1) is 17.7. The summed E-state index contributed by atoms with van der Waals surface area (Å²) < 4.78 is 21.9. The molecule has 1 aliphatic heterocycles. The van der Waals surface area contributed by atoms with Gasteiger partial charge in [0.25, 0.3) is 5.91 Å². The lowest BCUT2D eigenvalue weighted by molar-refractivity contribution is 0.0918. The van der Waals surface area contributed by atoms with E-state index in [4.69, 9.17) is 18.6 Å². The van der Waals surface area contributed by atoms with Crippen molar-refractivity contribution in [3.63, 3.8) is 0 Å². The molecule has 0 unspecified atom stereocenters. The summed E-state index contributed by atoms with van der Waals surface area (Å²) in [7, 11) is 1.66. The zero-order chi connectivity index (χ0) is 24.7. The number of carbonyl (C=O) groups is 1. The number of amides is 1. The molecule has 0 fully saturated rings. The number of furan rings is 1. The summed E-state index contributed by atoms with van der Waals surface area (Å²) in [6.07, 6.45) is 0. The molecule has 7 heteroatoms. The van der Waals surface area contributed by atoms with Crippen LogP contribution in [0, 0.1) is 0 Å². The number of nitrogens with one attached hydrogen (secondary N) is 1. The molecule has 3 aromatic carbocycles. The molecule has 0 aliphatic carbocycles. The molecule has 36 heavy (non-hydrogen) atoms. The van der Waals surface area contributed by atoms with E-state index in [1.807, 2.05) is 54.6 Å². The van der Waals surface area contributed by atoms with Crippen molar-refractivity contribution in [2.24, 2.45) is 0 Å². The standard InChI is InChI=1S/C29H28N2O5/c1-33-24-10-7-22(8-11-24)18-31(17-21-5-3-2-4-6-21)19-25-12-14-27(36-25)29(32)30-16-23-9-13-26-28(15-23)35-20-34-26/h2-15H,16-20H2,1H3,(H,30,32).